The van der Waals surface area contributed by atoms with Crippen molar-refractivity contribution in [3.8, 4) is 6.07 Å². The fourth-order valence-corrected chi connectivity index (χ4v) is 4.40. The summed E-state index contributed by atoms with van der Waals surface area (Å²) in [5, 5.41) is 11.2. The molecule has 1 aromatic heterocycles. The Hall–Kier alpha value is -2.48. The number of alkyl halides is 4. The molecule has 1 amide bonds. The molecule has 0 aliphatic carbocycles. The van der Waals surface area contributed by atoms with E-state index < -0.39 is 17.9 Å². The summed E-state index contributed by atoms with van der Waals surface area (Å²) in [5.74, 6) is -6.51. The van der Waals surface area contributed by atoms with E-state index in [0.717, 1.165) is 21.8 Å². The lowest BCUT2D eigenvalue weighted by Gasteiger charge is -2.26. The van der Waals surface area contributed by atoms with Gasteiger partial charge in [-0.2, -0.15) is 22.8 Å². The van der Waals surface area contributed by atoms with Gasteiger partial charge in [0.2, 0.25) is 0 Å². The molecule has 0 saturated carbocycles. The van der Waals surface area contributed by atoms with Gasteiger partial charge in [-0.1, -0.05) is 30.3 Å². The van der Waals surface area contributed by atoms with Crippen LogP contribution in [0.25, 0.3) is 0 Å². The van der Waals surface area contributed by atoms with Gasteiger partial charge < -0.3 is 10.1 Å². The summed E-state index contributed by atoms with van der Waals surface area (Å²) >= 11 is 0.981. The van der Waals surface area contributed by atoms with Crippen LogP contribution in [0.2, 0.25) is 0 Å². The van der Waals surface area contributed by atoms with Crippen LogP contribution in [0.4, 0.5) is 22.6 Å². The molecule has 1 N–H and O–H groups in total. The second-order valence-corrected chi connectivity index (χ2v) is 7.62. The molecule has 0 spiro atoms. The number of fused-ring (bicyclic) bond motifs is 1. The summed E-state index contributed by atoms with van der Waals surface area (Å²) in [4.78, 5) is 14.8. The molecule has 0 unspecified atom stereocenters. The summed E-state index contributed by atoms with van der Waals surface area (Å²) in [6, 6.07) is 11.7. The molecule has 1 atom stereocenters. The average molecular weight is 427 g/mol. The third kappa shape index (κ3) is 4.12. The number of nitriles is 1. The molecule has 3 rings (SSSR count). The zero-order valence-electron chi connectivity index (χ0n) is 15.3. The first kappa shape index (κ1) is 21.2. The SMILES string of the molecule is CO[C@](F)(C(=O)Nc1sc2c(c1C#N)CCN(Cc1ccccc1)C2)C(F)(F)F. The number of nitrogens with one attached hydrogen (secondary N) is 1. The molecule has 1 aliphatic heterocycles. The Morgan fingerprint density at radius 2 is 2.00 bits per heavy atom. The lowest BCUT2D eigenvalue weighted by Crippen LogP contribution is -2.52. The minimum absolute atomic E-state index is 0.0679. The van der Waals surface area contributed by atoms with E-state index in [0.29, 0.717) is 38.7 Å². The third-order valence-corrected chi connectivity index (χ3v) is 5.79. The molecule has 0 radical (unpaired) electrons. The number of hydrogen-bond donors (Lipinski definition) is 1. The van der Waals surface area contributed by atoms with Gasteiger partial charge >= 0.3 is 17.9 Å². The van der Waals surface area contributed by atoms with Crippen molar-refractivity contribution in [2.24, 2.45) is 0 Å². The lowest BCUT2D eigenvalue weighted by molar-refractivity contribution is -0.305. The third-order valence-electron chi connectivity index (χ3n) is 4.66. The minimum atomic E-state index is -5.55. The summed E-state index contributed by atoms with van der Waals surface area (Å²) in [6.07, 6.45) is -5.05. The number of thiophene rings is 1. The average Bonchev–Trinajstić information content (AvgIpc) is 3.03. The Kier molecular flexibility index (Phi) is 5.93. The van der Waals surface area contributed by atoms with E-state index in [2.05, 4.69) is 9.64 Å². The van der Waals surface area contributed by atoms with E-state index >= 15 is 0 Å². The molecule has 2 heterocycles. The molecule has 29 heavy (non-hydrogen) atoms. The van der Waals surface area contributed by atoms with Crippen molar-refractivity contribution < 1.29 is 27.1 Å². The Labute approximate surface area is 168 Å². The number of hydrogen-bond acceptors (Lipinski definition) is 5. The van der Waals surface area contributed by atoms with Crippen LogP contribution in [0.3, 0.4) is 0 Å². The number of rotatable bonds is 5. The van der Waals surface area contributed by atoms with Gasteiger partial charge in [0.25, 0.3) is 0 Å². The maximum atomic E-state index is 14.1. The topological polar surface area (TPSA) is 65.4 Å². The molecule has 0 bridgehead atoms. The fourth-order valence-electron chi connectivity index (χ4n) is 3.16. The molecule has 0 fully saturated rings. The molecule has 2 aromatic rings. The lowest BCUT2D eigenvalue weighted by atomic mass is 10.0. The predicted molar refractivity (Wildman–Crippen MR) is 98.8 cm³/mol. The highest BCUT2D eigenvalue weighted by Gasteiger charge is 2.63. The Bertz CT molecular complexity index is 939. The van der Waals surface area contributed by atoms with Crippen molar-refractivity contribution in [3.05, 3.63) is 51.9 Å². The van der Waals surface area contributed by atoms with E-state index in [4.69, 9.17) is 0 Å². The molecular weight excluding hydrogens is 410 g/mol. The molecule has 1 aliphatic rings. The van der Waals surface area contributed by atoms with Crippen molar-refractivity contribution in [1.29, 1.82) is 5.26 Å². The number of benzene rings is 1. The number of ether oxygens (including phenoxy) is 1. The van der Waals surface area contributed by atoms with Gasteiger partial charge in [0, 0.05) is 31.6 Å². The van der Waals surface area contributed by atoms with Crippen molar-refractivity contribution in [2.75, 3.05) is 19.0 Å². The van der Waals surface area contributed by atoms with Crippen LogP contribution in [0.5, 0.6) is 0 Å². The van der Waals surface area contributed by atoms with Crippen LogP contribution in [0.15, 0.2) is 30.3 Å². The van der Waals surface area contributed by atoms with Crippen molar-refractivity contribution >= 4 is 22.2 Å². The highest BCUT2D eigenvalue weighted by Crippen LogP contribution is 2.40. The van der Waals surface area contributed by atoms with Crippen LogP contribution in [0.1, 0.15) is 21.6 Å². The number of amides is 1. The Balaban J connectivity index is 1.81. The first-order chi connectivity index (χ1) is 13.7. The quantitative estimate of drug-likeness (QED) is 0.733. The Morgan fingerprint density at radius 1 is 1.31 bits per heavy atom. The second-order valence-electron chi connectivity index (χ2n) is 6.52. The van der Waals surface area contributed by atoms with Crippen molar-refractivity contribution in [3.63, 3.8) is 0 Å². The van der Waals surface area contributed by atoms with Crippen LogP contribution < -0.4 is 5.32 Å². The maximum absolute atomic E-state index is 14.1. The molecule has 5 nitrogen and oxygen atoms in total. The zero-order valence-corrected chi connectivity index (χ0v) is 16.2. The van der Waals surface area contributed by atoms with Gasteiger partial charge in [-0.05, 0) is 17.5 Å². The van der Waals surface area contributed by atoms with E-state index in [9.17, 15) is 27.6 Å². The minimum Gasteiger partial charge on any atom is -0.335 e. The number of halogens is 4. The predicted octanol–water partition coefficient (Wildman–Crippen LogP) is 3.99. The van der Waals surface area contributed by atoms with Crippen LogP contribution in [-0.4, -0.2) is 36.5 Å². The van der Waals surface area contributed by atoms with E-state index in [1.165, 1.54) is 0 Å². The van der Waals surface area contributed by atoms with Crippen LogP contribution in [0, 0.1) is 11.3 Å². The zero-order chi connectivity index (χ0) is 21.2. The summed E-state index contributed by atoms with van der Waals surface area (Å²) < 4.78 is 56.6. The number of methoxy groups -OCH3 is 1. The number of nitrogens with zero attached hydrogens (tertiary/aromatic N) is 2. The van der Waals surface area contributed by atoms with Gasteiger partial charge in [0.05, 0.1) is 5.56 Å². The highest BCUT2D eigenvalue weighted by atomic mass is 32.1. The number of anilines is 1. The first-order valence-electron chi connectivity index (χ1n) is 8.62. The van der Waals surface area contributed by atoms with Gasteiger partial charge in [-0.3, -0.25) is 9.69 Å². The summed E-state index contributed by atoms with van der Waals surface area (Å²) in [7, 11) is 0.458. The van der Waals surface area contributed by atoms with Crippen LogP contribution in [-0.2, 0) is 29.0 Å². The van der Waals surface area contributed by atoms with Gasteiger partial charge in [-0.15, -0.1) is 11.3 Å². The highest BCUT2D eigenvalue weighted by molar-refractivity contribution is 7.16. The maximum Gasteiger partial charge on any atom is 0.458 e. The largest absolute Gasteiger partial charge is 0.458 e. The van der Waals surface area contributed by atoms with Crippen molar-refractivity contribution in [1.82, 2.24) is 4.90 Å². The fraction of sp³-hybridized carbons (Fsp3) is 0.368. The van der Waals surface area contributed by atoms with Crippen molar-refractivity contribution in [2.45, 2.75) is 31.5 Å². The molecule has 10 heteroatoms. The summed E-state index contributed by atoms with van der Waals surface area (Å²) in [6.45, 7) is 1.80. The molecule has 154 valence electrons. The number of carbonyl (C=O) groups excluding carboxylic acids is 1. The smallest absolute Gasteiger partial charge is 0.335 e. The van der Waals surface area contributed by atoms with Gasteiger partial charge in [0.15, 0.2) is 0 Å². The monoisotopic (exact) mass is 427 g/mol. The van der Waals surface area contributed by atoms with E-state index in [1.807, 2.05) is 41.7 Å². The standard InChI is InChI=1S/C19H17F4N3O2S/c1-28-18(20,19(21,22)23)17(27)25-16-14(9-24)13-7-8-26(11-15(13)29-16)10-12-5-3-2-4-6-12/h2-6H,7-8,10-11H2,1H3,(H,25,27)/t18-/m1/s1. The normalized spacial score (nSPS) is 16.6. The molecule has 0 saturated heterocycles. The summed E-state index contributed by atoms with van der Waals surface area (Å²) in [5.41, 5.74) is 1.85. The first-order valence-corrected chi connectivity index (χ1v) is 9.44. The van der Waals surface area contributed by atoms with Gasteiger partial charge in [-0.25, -0.2) is 0 Å². The molecule has 1 aromatic carbocycles. The van der Waals surface area contributed by atoms with Gasteiger partial charge in [0.1, 0.15) is 11.1 Å². The number of carbonyl (C=O) groups is 1. The second kappa shape index (κ2) is 8.10. The van der Waals surface area contributed by atoms with E-state index in [1.54, 1.807) is 0 Å². The molecular formula is C19H17F4N3O2S. The van der Waals surface area contributed by atoms with Crippen LogP contribution >= 0.6 is 11.3 Å². The van der Waals surface area contributed by atoms with E-state index in [-0.39, 0.29) is 10.6 Å². The Morgan fingerprint density at radius 3 is 2.59 bits per heavy atom.